The lowest BCUT2D eigenvalue weighted by Crippen LogP contribution is -2.36. The predicted octanol–water partition coefficient (Wildman–Crippen LogP) is 2.85. The van der Waals surface area contributed by atoms with Crippen LogP contribution in [0.5, 0.6) is 0 Å². The Kier molecular flexibility index (Phi) is 4.09. The Morgan fingerprint density at radius 3 is 3.00 bits per heavy atom. The van der Waals surface area contributed by atoms with Gasteiger partial charge in [-0.1, -0.05) is 6.92 Å². The fourth-order valence-corrected chi connectivity index (χ4v) is 2.47. The quantitative estimate of drug-likeness (QED) is 0.637. The molecule has 0 aromatic heterocycles. The van der Waals surface area contributed by atoms with Gasteiger partial charge in [0.1, 0.15) is 5.82 Å². The maximum absolute atomic E-state index is 13.5. The van der Waals surface area contributed by atoms with Gasteiger partial charge >= 0.3 is 0 Å². The van der Waals surface area contributed by atoms with Gasteiger partial charge in [-0.15, -0.1) is 0 Å². The van der Waals surface area contributed by atoms with Gasteiger partial charge in [-0.3, -0.25) is 0 Å². The minimum Gasteiger partial charge on any atom is -0.397 e. The highest BCUT2D eigenvalue weighted by Gasteiger charge is 2.22. The number of halogens is 2. The standard InChI is InChI=1S/C12H16FIN2O/c1-7-6-17-3-2-11(7)16-12-4-8(13)9(14)5-10(12)15/h4-5,7,11,16H,2-3,6,15H2,1H3. The van der Waals surface area contributed by atoms with Crippen LogP contribution in [0.15, 0.2) is 12.1 Å². The van der Waals surface area contributed by atoms with Crippen molar-refractivity contribution in [2.24, 2.45) is 5.92 Å². The maximum Gasteiger partial charge on any atom is 0.138 e. The molecule has 1 aliphatic heterocycles. The van der Waals surface area contributed by atoms with E-state index in [1.165, 1.54) is 6.07 Å². The Morgan fingerprint density at radius 2 is 2.29 bits per heavy atom. The van der Waals surface area contributed by atoms with Crippen LogP contribution < -0.4 is 11.1 Å². The monoisotopic (exact) mass is 350 g/mol. The van der Waals surface area contributed by atoms with Crippen LogP contribution in [0, 0.1) is 15.3 Å². The Labute approximate surface area is 114 Å². The third-order valence-corrected chi connectivity index (χ3v) is 3.90. The van der Waals surface area contributed by atoms with E-state index in [4.69, 9.17) is 10.5 Å². The summed E-state index contributed by atoms with van der Waals surface area (Å²) < 4.78 is 19.4. The molecule has 1 saturated heterocycles. The van der Waals surface area contributed by atoms with Crippen molar-refractivity contribution in [1.82, 2.24) is 0 Å². The molecule has 0 saturated carbocycles. The SMILES string of the molecule is CC1COCCC1Nc1cc(F)c(I)cc1N. The molecule has 1 heterocycles. The van der Waals surface area contributed by atoms with Gasteiger partial charge in [-0.2, -0.15) is 0 Å². The first-order chi connectivity index (χ1) is 8.08. The Balaban J connectivity index is 2.15. The van der Waals surface area contributed by atoms with Crippen molar-refractivity contribution in [3.8, 4) is 0 Å². The lowest BCUT2D eigenvalue weighted by Gasteiger charge is -2.30. The van der Waals surface area contributed by atoms with E-state index in [1.807, 2.05) is 22.6 Å². The average molecular weight is 350 g/mol. The minimum absolute atomic E-state index is 0.234. The number of anilines is 2. The van der Waals surface area contributed by atoms with Gasteiger partial charge in [0.05, 0.1) is 21.6 Å². The molecule has 94 valence electrons. The third kappa shape index (κ3) is 3.01. The third-order valence-electron chi connectivity index (χ3n) is 3.07. The van der Waals surface area contributed by atoms with Crippen molar-refractivity contribution >= 4 is 34.0 Å². The van der Waals surface area contributed by atoms with E-state index in [0.29, 0.717) is 26.9 Å². The molecule has 5 heteroatoms. The first kappa shape index (κ1) is 12.9. The van der Waals surface area contributed by atoms with Crippen molar-refractivity contribution in [2.45, 2.75) is 19.4 Å². The average Bonchev–Trinajstić information content (AvgIpc) is 2.29. The van der Waals surface area contributed by atoms with Gasteiger partial charge in [0.25, 0.3) is 0 Å². The van der Waals surface area contributed by atoms with Crippen molar-refractivity contribution in [3.05, 3.63) is 21.5 Å². The Bertz CT molecular complexity index is 414. The van der Waals surface area contributed by atoms with Gasteiger partial charge in [-0.05, 0) is 41.0 Å². The summed E-state index contributed by atoms with van der Waals surface area (Å²) in [6.07, 6.45) is 0.925. The van der Waals surface area contributed by atoms with Gasteiger partial charge in [0.2, 0.25) is 0 Å². The van der Waals surface area contributed by atoms with Gasteiger partial charge < -0.3 is 15.8 Å². The zero-order chi connectivity index (χ0) is 12.4. The van der Waals surface area contributed by atoms with Crippen LogP contribution in [0.25, 0.3) is 0 Å². The highest BCUT2D eigenvalue weighted by Crippen LogP contribution is 2.27. The lowest BCUT2D eigenvalue weighted by atomic mass is 9.97. The van der Waals surface area contributed by atoms with Crippen molar-refractivity contribution in [3.63, 3.8) is 0 Å². The fraction of sp³-hybridized carbons (Fsp3) is 0.500. The number of ether oxygens (including phenoxy) is 1. The summed E-state index contributed by atoms with van der Waals surface area (Å²) in [6, 6.07) is 3.42. The molecule has 3 N–H and O–H groups in total. The molecule has 1 aromatic rings. The van der Waals surface area contributed by atoms with E-state index < -0.39 is 0 Å². The zero-order valence-electron chi connectivity index (χ0n) is 9.67. The lowest BCUT2D eigenvalue weighted by molar-refractivity contribution is 0.0538. The van der Waals surface area contributed by atoms with E-state index in [-0.39, 0.29) is 5.82 Å². The van der Waals surface area contributed by atoms with Crippen LogP contribution in [-0.4, -0.2) is 19.3 Å². The molecule has 17 heavy (non-hydrogen) atoms. The Hall–Kier alpha value is -0.560. The maximum atomic E-state index is 13.5. The summed E-state index contributed by atoms with van der Waals surface area (Å²) in [5.41, 5.74) is 7.16. The second-order valence-corrected chi connectivity index (χ2v) is 5.61. The van der Waals surface area contributed by atoms with E-state index in [2.05, 4.69) is 12.2 Å². The molecule has 2 unspecified atom stereocenters. The van der Waals surface area contributed by atoms with Crippen LogP contribution in [0.3, 0.4) is 0 Å². The molecule has 3 nitrogen and oxygen atoms in total. The van der Waals surface area contributed by atoms with Gasteiger partial charge in [0, 0.05) is 18.7 Å². The topological polar surface area (TPSA) is 47.3 Å². The zero-order valence-corrected chi connectivity index (χ0v) is 11.8. The number of nitrogens with one attached hydrogen (secondary N) is 1. The second-order valence-electron chi connectivity index (χ2n) is 4.45. The molecule has 0 radical (unpaired) electrons. The summed E-state index contributed by atoms with van der Waals surface area (Å²) in [4.78, 5) is 0. The fourth-order valence-electron chi connectivity index (χ4n) is 1.98. The van der Waals surface area contributed by atoms with E-state index in [1.54, 1.807) is 6.07 Å². The minimum atomic E-state index is -0.234. The first-order valence-electron chi connectivity index (χ1n) is 5.66. The summed E-state index contributed by atoms with van der Waals surface area (Å²) >= 11 is 1.94. The summed E-state index contributed by atoms with van der Waals surface area (Å²) in [7, 11) is 0. The number of nitrogens with two attached hydrogens (primary N) is 1. The van der Waals surface area contributed by atoms with Crippen LogP contribution in [-0.2, 0) is 4.74 Å². The van der Waals surface area contributed by atoms with E-state index in [9.17, 15) is 4.39 Å². The number of hydrogen-bond acceptors (Lipinski definition) is 3. The van der Waals surface area contributed by atoms with Crippen molar-refractivity contribution in [2.75, 3.05) is 24.3 Å². The van der Waals surface area contributed by atoms with E-state index >= 15 is 0 Å². The summed E-state index contributed by atoms with van der Waals surface area (Å²) in [6.45, 7) is 3.61. The van der Waals surface area contributed by atoms with Crippen LogP contribution in [0.1, 0.15) is 13.3 Å². The largest absolute Gasteiger partial charge is 0.397 e. The molecule has 1 fully saturated rings. The molecule has 0 aliphatic carbocycles. The molecule has 2 atom stereocenters. The van der Waals surface area contributed by atoms with Crippen LogP contribution in [0.2, 0.25) is 0 Å². The second kappa shape index (κ2) is 5.39. The number of nitrogen functional groups attached to an aromatic ring is 1. The molecule has 1 aromatic carbocycles. The molecular weight excluding hydrogens is 334 g/mol. The van der Waals surface area contributed by atoms with Crippen molar-refractivity contribution in [1.29, 1.82) is 0 Å². The molecule has 0 bridgehead atoms. The summed E-state index contributed by atoms with van der Waals surface area (Å²) in [5.74, 6) is 0.174. The van der Waals surface area contributed by atoms with Gasteiger partial charge in [-0.25, -0.2) is 4.39 Å². The van der Waals surface area contributed by atoms with Crippen molar-refractivity contribution < 1.29 is 9.13 Å². The van der Waals surface area contributed by atoms with Gasteiger partial charge in [0.15, 0.2) is 0 Å². The molecular formula is C12H16FIN2O. The molecule has 1 aliphatic rings. The molecule has 2 rings (SSSR count). The summed E-state index contributed by atoms with van der Waals surface area (Å²) in [5, 5.41) is 3.32. The Morgan fingerprint density at radius 1 is 1.53 bits per heavy atom. The molecule has 0 amide bonds. The molecule has 0 spiro atoms. The first-order valence-corrected chi connectivity index (χ1v) is 6.74. The van der Waals surface area contributed by atoms with Crippen LogP contribution >= 0.6 is 22.6 Å². The predicted molar refractivity (Wildman–Crippen MR) is 75.5 cm³/mol. The van der Waals surface area contributed by atoms with Crippen LogP contribution in [0.4, 0.5) is 15.8 Å². The highest BCUT2D eigenvalue weighted by atomic mass is 127. The smallest absolute Gasteiger partial charge is 0.138 e. The highest BCUT2D eigenvalue weighted by molar-refractivity contribution is 14.1. The number of rotatable bonds is 2. The normalized spacial score (nSPS) is 24.6. The van der Waals surface area contributed by atoms with E-state index in [0.717, 1.165) is 19.6 Å². The number of hydrogen-bond donors (Lipinski definition) is 2. The number of benzene rings is 1.